The summed E-state index contributed by atoms with van der Waals surface area (Å²) in [7, 11) is 0. The van der Waals surface area contributed by atoms with Gasteiger partial charge in [0.2, 0.25) is 0 Å². The SMILES string of the molecule is CC(=O)OC[C@@]1(C)C2C[C@H](OC(=O)c3ccc(O)cc3)[C@@]3(C)Oc4cc(-c5cccnc5)oc(=O)c4[C@H](O)C3[C@@]2(C)CC[C@@H]1C. The molecule has 3 aliphatic rings. The topological polar surface area (TPSA) is 145 Å². The van der Waals surface area contributed by atoms with Crippen molar-refractivity contribution in [3.8, 4) is 22.8 Å². The monoisotopic (exact) mass is 617 g/mol. The van der Waals surface area contributed by atoms with Gasteiger partial charge in [-0.2, -0.15) is 0 Å². The van der Waals surface area contributed by atoms with Gasteiger partial charge in [0.15, 0.2) is 0 Å². The predicted octanol–water partition coefficient (Wildman–Crippen LogP) is 5.46. The number of carbonyl (C=O) groups excluding carboxylic acids is 2. The Morgan fingerprint density at radius 3 is 2.53 bits per heavy atom. The number of rotatable bonds is 5. The Morgan fingerprint density at radius 2 is 1.87 bits per heavy atom. The molecule has 238 valence electrons. The number of pyridine rings is 1. The summed E-state index contributed by atoms with van der Waals surface area (Å²) in [5.74, 6) is -1.31. The second-order valence-corrected chi connectivity index (χ2v) is 13.6. The van der Waals surface area contributed by atoms with E-state index in [0.717, 1.165) is 6.42 Å². The Morgan fingerprint density at radius 1 is 1.13 bits per heavy atom. The minimum Gasteiger partial charge on any atom is -0.508 e. The highest BCUT2D eigenvalue weighted by atomic mass is 16.6. The molecule has 0 spiro atoms. The van der Waals surface area contributed by atoms with Gasteiger partial charge in [-0.25, -0.2) is 9.59 Å². The number of esters is 2. The van der Waals surface area contributed by atoms with Crippen molar-refractivity contribution in [2.45, 2.75) is 71.7 Å². The van der Waals surface area contributed by atoms with Gasteiger partial charge in [-0.15, -0.1) is 0 Å². The maximum atomic E-state index is 13.6. The molecule has 0 amide bonds. The summed E-state index contributed by atoms with van der Waals surface area (Å²) >= 11 is 0. The van der Waals surface area contributed by atoms with Gasteiger partial charge in [-0.1, -0.05) is 20.8 Å². The molecule has 2 unspecified atom stereocenters. The number of hydrogen-bond donors (Lipinski definition) is 2. The summed E-state index contributed by atoms with van der Waals surface area (Å²) in [6, 6.07) is 10.8. The maximum absolute atomic E-state index is 13.6. The lowest BCUT2D eigenvalue weighted by Crippen LogP contribution is -2.70. The van der Waals surface area contributed by atoms with Crippen molar-refractivity contribution in [3.63, 3.8) is 0 Å². The number of fused-ring (bicyclic) bond motifs is 4. The lowest BCUT2D eigenvalue weighted by Gasteiger charge is -2.66. The summed E-state index contributed by atoms with van der Waals surface area (Å²) in [5.41, 5.74) is -2.27. The van der Waals surface area contributed by atoms with E-state index in [1.54, 1.807) is 30.6 Å². The number of phenolic OH excluding ortho intramolecular Hbond substituents is 1. The zero-order valence-corrected chi connectivity index (χ0v) is 26.1. The fourth-order valence-electron chi connectivity index (χ4n) is 8.49. The Bertz CT molecular complexity index is 1670. The van der Waals surface area contributed by atoms with Crippen LogP contribution in [-0.2, 0) is 14.3 Å². The molecular weight excluding hydrogens is 578 g/mol. The first kappa shape index (κ1) is 30.8. The Labute approximate surface area is 261 Å². The highest BCUT2D eigenvalue weighted by Crippen LogP contribution is 2.68. The van der Waals surface area contributed by atoms with Crippen LogP contribution >= 0.6 is 0 Å². The Hall–Kier alpha value is -4.18. The van der Waals surface area contributed by atoms with Crippen LogP contribution in [0.2, 0.25) is 0 Å². The van der Waals surface area contributed by atoms with Crippen LogP contribution in [0.3, 0.4) is 0 Å². The largest absolute Gasteiger partial charge is 0.508 e. The van der Waals surface area contributed by atoms with Gasteiger partial charge in [0.05, 0.1) is 18.3 Å². The number of phenols is 1. The van der Waals surface area contributed by atoms with Gasteiger partial charge in [0.1, 0.15) is 34.5 Å². The standard InChI is InChI=1S/C35H39NO9/c1-19-12-13-33(3)26(34(19,4)18-42-20(2)37)16-27(44-31(40)21-8-10-23(38)11-9-21)35(5)30(33)29(39)28-25(45-35)15-24(43-32(28)41)22-7-6-14-36-17-22/h6-11,14-15,17,19,26-27,29-30,38-39H,12-13,16,18H2,1-5H3/t19-,26?,27-,29-,30?,33-,34+,35+/m0/s1. The van der Waals surface area contributed by atoms with Crippen LogP contribution in [-0.4, -0.2) is 45.4 Å². The number of nitrogens with zero attached hydrogens (tertiary/aromatic N) is 1. The van der Waals surface area contributed by atoms with Crippen LogP contribution in [0.4, 0.5) is 0 Å². The molecule has 2 saturated carbocycles. The molecule has 2 aromatic heterocycles. The predicted molar refractivity (Wildman–Crippen MR) is 162 cm³/mol. The lowest BCUT2D eigenvalue weighted by atomic mass is 9.41. The van der Waals surface area contributed by atoms with E-state index in [4.69, 9.17) is 18.6 Å². The number of benzene rings is 1. The summed E-state index contributed by atoms with van der Waals surface area (Å²) in [5, 5.41) is 22.0. The zero-order valence-electron chi connectivity index (χ0n) is 26.1. The first-order valence-corrected chi connectivity index (χ1v) is 15.4. The van der Waals surface area contributed by atoms with E-state index in [1.165, 1.54) is 31.2 Å². The van der Waals surface area contributed by atoms with E-state index in [9.17, 15) is 24.6 Å². The van der Waals surface area contributed by atoms with Crippen LogP contribution in [0.25, 0.3) is 11.3 Å². The second kappa shape index (κ2) is 11.0. The quantitative estimate of drug-likeness (QED) is 0.354. The number of aromatic hydroxyl groups is 1. The molecular formula is C35H39NO9. The summed E-state index contributed by atoms with van der Waals surface area (Å²) in [4.78, 5) is 43.2. The van der Waals surface area contributed by atoms with Gasteiger partial charge < -0.3 is 28.8 Å². The van der Waals surface area contributed by atoms with E-state index in [0.29, 0.717) is 18.4 Å². The maximum Gasteiger partial charge on any atom is 0.345 e. The molecule has 8 atom stereocenters. The molecule has 45 heavy (non-hydrogen) atoms. The van der Waals surface area contributed by atoms with E-state index >= 15 is 0 Å². The van der Waals surface area contributed by atoms with Gasteiger partial charge in [0.25, 0.3) is 0 Å². The van der Waals surface area contributed by atoms with Gasteiger partial charge in [-0.3, -0.25) is 9.78 Å². The van der Waals surface area contributed by atoms with Crippen molar-refractivity contribution in [3.05, 3.63) is 76.4 Å². The molecule has 0 radical (unpaired) electrons. The molecule has 1 aromatic carbocycles. The van der Waals surface area contributed by atoms with E-state index in [1.807, 2.05) is 6.92 Å². The zero-order chi connectivity index (χ0) is 32.3. The fourth-order valence-corrected chi connectivity index (χ4v) is 8.49. The minimum atomic E-state index is -1.30. The number of carbonyl (C=O) groups is 2. The first-order chi connectivity index (χ1) is 21.3. The summed E-state index contributed by atoms with van der Waals surface area (Å²) in [6.45, 7) is 9.69. The fraction of sp³-hybridized carbons (Fsp3) is 0.486. The number of aromatic nitrogens is 1. The second-order valence-electron chi connectivity index (χ2n) is 13.6. The van der Waals surface area contributed by atoms with Crippen molar-refractivity contribution in [2.75, 3.05) is 6.61 Å². The van der Waals surface area contributed by atoms with E-state index < -0.39 is 46.2 Å². The molecule has 3 heterocycles. The molecule has 0 bridgehead atoms. The molecule has 10 heteroatoms. The third-order valence-electron chi connectivity index (χ3n) is 11.0. The molecule has 2 aliphatic carbocycles. The van der Waals surface area contributed by atoms with Gasteiger partial charge in [-0.05, 0) is 79.8 Å². The average molecular weight is 618 g/mol. The number of ether oxygens (including phenoxy) is 3. The van der Waals surface area contributed by atoms with Crippen LogP contribution in [0.5, 0.6) is 11.5 Å². The molecule has 2 fully saturated rings. The molecule has 1 aliphatic heterocycles. The minimum absolute atomic E-state index is 0.0167. The number of aliphatic hydroxyl groups is 1. The molecule has 10 nitrogen and oxygen atoms in total. The summed E-state index contributed by atoms with van der Waals surface area (Å²) in [6.07, 6.45) is 2.89. The first-order valence-electron chi connectivity index (χ1n) is 15.4. The highest BCUT2D eigenvalue weighted by molar-refractivity contribution is 5.89. The van der Waals surface area contributed by atoms with Crippen LogP contribution in [0, 0.1) is 28.6 Å². The van der Waals surface area contributed by atoms with Gasteiger partial charge in [0, 0.05) is 42.3 Å². The third-order valence-corrected chi connectivity index (χ3v) is 11.0. The van der Waals surface area contributed by atoms with Crippen molar-refractivity contribution >= 4 is 11.9 Å². The summed E-state index contributed by atoms with van der Waals surface area (Å²) < 4.78 is 24.4. The number of aliphatic hydroxyl groups excluding tert-OH is 1. The Balaban J connectivity index is 1.49. The van der Waals surface area contributed by atoms with E-state index in [2.05, 4.69) is 25.8 Å². The lowest BCUT2D eigenvalue weighted by molar-refractivity contribution is -0.257. The molecule has 2 N–H and O–H groups in total. The van der Waals surface area contributed by atoms with Crippen LogP contribution < -0.4 is 10.4 Å². The van der Waals surface area contributed by atoms with Crippen LogP contribution in [0.1, 0.15) is 75.9 Å². The molecule has 3 aromatic rings. The average Bonchev–Trinajstić information content (AvgIpc) is 2.99. The highest BCUT2D eigenvalue weighted by Gasteiger charge is 2.70. The van der Waals surface area contributed by atoms with Gasteiger partial charge >= 0.3 is 17.6 Å². The van der Waals surface area contributed by atoms with Crippen molar-refractivity contribution in [1.82, 2.24) is 4.98 Å². The van der Waals surface area contributed by atoms with Crippen molar-refractivity contribution in [2.24, 2.45) is 28.6 Å². The van der Waals surface area contributed by atoms with E-state index in [-0.39, 0.29) is 52.8 Å². The molecule has 0 saturated heterocycles. The smallest absolute Gasteiger partial charge is 0.345 e. The molecule has 6 rings (SSSR count). The van der Waals surface area contributed by atoms with Crippen molar-refractivity contribution < 1.29 is 38.4 Å². The Kier molecular flexibility index (Phi) is 7.54. The van der Waals surface area contributed by atoms with Crippen molar-refractivity contribution in [1.29, 1.82) is 0 Å². The number of hydrogen-bond acceptors (Lipinski definition) is 10. The third kappa shape index (κ3) is 4.99. The normalized spacial score (nSPS) is 33.5. The van der Waals surface area contributed by atoms with Crippen LogP contribution in [0.15, 0.2) is 64.1 Å².